The van der Waals surface area contributed by atoms with Crippen LogP contribution in [0.25, 0.3) is 10.2 Å². The van der Waals surface area contributed by atoms with Gasteiger partial charge in [0.1, 0.15) is 5.75 Å². The fraction of sp³-hybridized carbons (Fsp3) is 0.312. The van der Waals surface area contributed by atoms with Crippen molar-refractivity contribution in [2.75, 3.05) is 5.32 Å². The first-order valence-electron chi connectivity index (χ1n) is 8.00. The molecular weight excluding hydrogens is 443 g/mol. The van der Waals surface area contributed by atoms with Crippen molar-refractivity contribution >= 4 is 44.2 Å². The Morgan fingerprint density at radius 3 is 2.72 bits per heavy atom. The summed E-state index contributed by atoms with van der Waals surface area (Å²) in [6.45, 7) is -1.71. The van der Waals surface area contributed by atoms with Crippen molar-refractivity contribution in [1.29, 1.82) is 0 Å². The van der Waals surface area contributed by atoms with Crippen LogP contribution in [0.15, 0.2) is 18.2 Å². The normalized spacial score (nSPS) is 12.0. The van der Waals surface area contributed by atoms with Gasteiger partial charge in [0.25, 0.3) is 0 Å². The smallest absolute Gasteiger partial charge is 0.435 e. The van der Waals surface area contributed by atoms with Gasteiger partial charge in [0.2, 0.25) is 5.91 Å². The Bertz CT molecular complexity index is 1050. The summed E-state index contributed by atoms with van der Waals surface area (Å²) in [7, 11) is 0. The molecule has 3 aromatic rings. The van der Waals surface area contributed by atoms with Crippen molar-refractivity contribution < 1.29 is 31.5 Å². The van der Waals surface area contributed by atoms with Crippen LogP contribution in [0.2, 0.25) is 5.02 Å². The number of aryl methyl sites for hydroxylation is 1. The number of benzene rings is 1. The molecule has 0 radical (unpaired) electrons. The molecule has 2 heterocycles. The molecule has 0 aliphatic rings. The van der Waals surface area contributed by atoms with E-state index in [1.165, 1.54) is 25.1 Å². The average Bonchev–Trinajstić information content (AvgIpc) is 3.13. The number of carbonyl (C=O) groups is 1. The molecule has 1 amide bonds. The van der Waals surface area contributed by atoms with E-state index >= 15 is 0 Å². The Morgan fingerprint density at radius 1 is 1.38 bits per heavy atom. The molecular formula is C16H12ClF5N4O2S. The van der Waals surface area contributed by atoms with Gasteiger partial charge in [0.05, 0.1) is 27.5 Å². The molecule has 1 N–H and O–H groups in total. The highest BCUT2D eigenvalue weighted by atomic mass is 35.5. The zero-order valence-electron chi connectivity index (χ0n) is 14.6. The molecule has 13 heteroatoms. The molecule has 0 fully saturated rings. The number of amides is 1. The lowest BCUT2D eigenvalue weighted by atomic mass is 10.3. The van der Waals surface area contributed by atoms with Crippen LogP contribution >= 0.6 is 22.9 Å². The zero-order valence-corrected chi connectivity index (χ0v) is 16.1. The van der Waals surface area contributed by atoms with Gasteiger partial charge >= 0.3 is 12.8 Å². The second-order valence-electron chi connectivity index (χ2n) is 5.79. The summed E-state index contributed by atoms with van der Waals surface area (Å²) in [6, 6.07) is 4.15. The third kappa shape index (κ3) is 4.93. The van der Waals surface area contributed by atoms with E-state index in [1.54, 1.807) is 0 Å². The number of halogens is 6. The van der Waals surface area contributed by atoms with Gasteiger partial charge < -0.3 is 10.1 Å². The molecule has 1 aromatic carbocycles. The standard InChI is InChI=1S/C16H12ClF5N4O2S/c1-7-12(17)13(16(20,21)22)25-26(7)5-4-11(27)24-15-23-9-3-2-8(28-14(18)19)6-10(9)29-15/h2-3,6,14H,4-5H2,1H3,(H,23,24,27). The third-order valence-corrected chi connectivity index (χ3v) is 5.17. The second-order valence-corrected chi connectivity index (χ2v) is 7.20. The van der Waals surface area contributed by atoms with Crippen LogP contribution in [-0.4, -0.2) is 27.3 Å². The molecule has 0 atom stereocenters. The second kappa shape index (κ2) is 8.11. The lowest BCUT2D eigenvalue weighted by Crippen LogP contribution is -2.16. The van der Waals surface area contributed by atoms with E-state index in [4.69, 9.17) is 11.6 Å². The van der Waals surface area contributed by atoms with Gasteiger partial charge in [-0.1, -0.05) is 22.9 Å². The molecule has 0 saturated carbocycles. The van der Waals surface area contributed by atoms with Gasteiger partial charge in [-0.25, -0.2) is 4.98 Å². The van der Waals surface area contributed by atoms with Gasteiger partial charge in [0.15, 0.2) is 10.8 Å². The summed E-state index contributed by atoms with van der Waals surface area (Å²) < 4.78 is 68.9. The first kappa shape index (κ1) is 21.2. The molecule has 0 spiro atoms. The largest absolute Gasteiger partial charge is 0.436 e. The molecule has 0 unspecified atom stereocenters. The Labute approximate surface area is 169 Å². The Kier molecular flexibility index (Phi) is 5.94. The van der Waals surface area contributed by atoms with Gasteiger partial charge in [0, 0.05) is 6.42 Å². The van der Waals surface area contributed by atoms with Crippen molar-refractivity contribution in [2.24, 2.45) is 0 Å². The number of thiazole rings is 1. The molecule has 156 valence electrons. The van der Waals surface area contributed by atoms with E-state index in [0.717, 1.165) is 16.0 Å². The number of ether oxygens (including phenoxy) is 1. The minimum atomic E-state index is -4.69. The summed E-state index contributed by atoms with van der Waals surface area (Å²) in [5.74, 6) is -0.548. The van der Waals surface area contributed by atoms with Crippen LogP contribution in [0.1, 0.15) is 17.8 Å². The fourth-order valence-electron chi connectivity index (χ4n) is 2.45. The number of aromatic nitrogens is 3. The predicted molar refractivity (Wildman–Crippen MR) is 96.5 cm³/mol. The molecule has 3 rings (SSSR count). The molecule has 0 saturated heterocycles. The predicted octanol–water partition coefficient (Wildman–Crippen LogP) is 5.10. The number of carbonyl (C=O) groups excluding carboxylic acids is 1. The van der Waals surface area contributed by atoms with Crippen molar-refractivity contribution in [1.82, 2.24) is 14.8 Å². The zero-order chi connectivity index (χ0) is 21.3. The van der Waals surface area contributed by atoms with Crippen LogP contribution in [0.4, 0.5) is 27.1 Å². The van der Waals surface area contributed by atoms with Crippen molar-refractivity contribution in [2.45, 2.75) is 32.7 Å². The van der Waals surface area contributed by atoms with Crippen molar-refractivity contribution in [3.8, 4) is 5.75 Å². The summed E-state index contributed by atoms with van der Waals surface area (Å²) >= 11 is 6.70. The maximum atomic E-state index is 12.8. The number of hydrogen-bond acceptors (Lipinski definition) is 5. The van der Waals surface area contributed by atoms with E-state index in [-0.39, 0.29) is 29.5 Å². The highest BCUT2D eigenvalue weighted by Crippen LogP contribution is 2.35. The van der Waals surface area contributed by atoms with Crippen LogP contribution in [-0.2, 0) is 17.5 Å². The lowest BCUT2D eigenvalue weighted by molar-refractivity contribution is -0.141. The Balaban J connectivity index is 1.65. The first-order chi connectivity index (χ1) is 13.5. The first-order valence-corrected chi connectivity index (χ1v) is 9.19. The van der Waals surface area contributed by atoms with Crippen LogP contribution in [0.5, 0.6) is 5.75 Å². The lowest BCUT2D eigenvalue weighted by Gasteiger charge is -2.04. The Hall–Kier alpha value is -2.47. The van der Waals surface area contributed by atoms with Gasteiger partial charge in [-0.15, -0.1) is 0 Å². The van der Waals surface area contributed by atoms with E-state index in [1.807, 2.05) is 0 Å². The van der Waals surface area contributed by atoms with E-state index < -0.39 is 29.4 Å². The van der Waals surface area contributed by atoms with Crippen LogP contribution in [0.3, 0.4) is 0 Å². The highest BCUT2D eigenvalue weighted by molar-refractivity contribution is 7.22. The number of nitrogens with one attached hydrogen (secondary N) is 1. The number of hydrogen-bond donors (Lipinski definition) is 1. The van der Waals surface area contributed by atoms with Crippen molar-refractivity contribution in [3.05, 3.63) is 34.6 Å². The topological polar surface area (TPSA) is 69.0 Å². The number of alkyl halides is 5. The van der Waals surface area contributed by atoms with E-state index in [0.29, 0.717) is 10.2 Å². The minimum Gasteiger partial charge on any atom is -0.435 e. The highest BCUT2D eigenvalue weighted by Gasteiger charge is 2.38. The summed E-state index contributed by atoms with van der Waals surface area (Å²) in [4.78, 5) is 16.3. The van der Waals surface area contributed by atoms with E-state index in [9.17, 15) is 26.7 Å². The maximum absolute atomic E-state index is 12.8. The summed E-state index contributed by atoms with van der Waals surface area (Å²) in [6.07, 6.45) is -4.87. The number of anilines is 1. The fourth-order valence-corrected chi connectivity index (χ4v) is 3.60. The van der Waals surface area contributed by atoms with Gasteiger partial charge in [-0.05, 0) is 25.1 Å². The average molecular weight is 455 g/mol. The number of fused-ring (bicyclic) bond motifs is 1. The molecule has 2 aromatic heterocycles. The molecule has 0 aliphatic carbocycles. The summed E-state index contributed by atoms with van der Waals surface area (Å²) in [5.41, 5.74) is -0.639. The summed E-state index contributed by atoms with van der Waals surface area (Å²) in [5, 5.41) is 5.64. The third-order valence-electron chi connectivity index (χ3n) is 3.78. The van der Waals surface area contributed by atoms with E-state index in [2.05, 4.69) is 20.1 Å². The quantitative estimate of drug-likeness (QED) is 0.526. The minimum absolute atomic E-state index is 0.0412. The number of rotatable bonds is 6. The number of nitrogens with zero attached hydrogens (tertiary/aromatic N) is 3. The molecule has 6 nitrogen and oxygen atoms in total. The van der Waals surface area contributed by atoms with Gasteiger partial charge in [-0.3, -0.25) is 9.48 Å². The molecule has 0 bridgehead atoms. The Morgan fingerprint density at radius 2 is 2.10 bits per heavy atom. The SMILES string of the molecule is Cc1c(Cl)c(C(F)(F)F)nn1CCC(=O)Nc1nc2ccc(OC(F)F)cc2s1. The molecule has 29 heavy (non-hydrogen) atoms. The maximum Gasteiger partial charge on any atom is 0.436 e. The van der Waals surface area contributed by atoms with Gasteiger partial charge in [-0.2, -0.15) is 27.1 Å². The van der Waals surface area contributed by atoms with Crippen LogP contribution in [0, 0.1) is 6.92 Å². The van der Waals surface area contributed by atoms with Crippen molar-refractivity contribution in [3.63, 3.8) is 0 Å². The molecule has 0 aliphatic heterocycles. The monoisotopic (exact) mass is 454 g/mol. The van der Waals surface area contributed by atoms with Crippen LogP contribution < -0.4 is 10.1 Å².